The van der Waals surface area contributed by atoms with E-state index in [0.29, 0.717) is 5.56 Å². The number of hydrogen-bond donors (Lipinski definition) is 1. The van der Waals surface area contributed by atoms with E-state index < -0.39 is 5.91 Å². The molecule has 0 heterocycles. The van der Waals surface area contributed by atoms with Crippen LogP contribution in [0.4, 0.5) is 5.69 Å². The summed E-state index contributed by atoms with van der Waals surface area (Å²) in [5.74, 6) is -0.440. The summed E-state index contributed by atoms with van der Waals surface area (Å²) in [4.78, 5) is 15.6. The zero-order valence-corrected chi connectivity index (χ0v) is 12.0. The minimum absolute atomic E-state index is 0.440. The third-order valence-electron chi connectivity index (χ3n) is 3.21. The molecule has 0 unspecified atom stereocenters. The van der Waals surface area contributed by atoms with Crippen molar-refractivity contribution < 1.29 is 4.79 Å². The summed E-state index contributed by atoms with van der Waals surface area (Å²) in [6.45, 7) is 6.22. The fourth-order valence-electron chi connectivity index (χ4n) is 2.27. The quantitative estimate of drug-likeness (QED) is 0.850. The largest absolute Gasteiger partial charge is 0.366 e. The van der Waals surface area contributed by atoms with Crippen LogP contribution in [0, 0.1) is 20.8 Å². The van der Waals surface area contributed by atoms with E-state index in [-0.39, 0.29) is 0 Å². The molecule has 2 aromatic rings. The highest BCUT2D eigenvalue weighted by Crippen LogP contribution is 2.17. The maximum atomic E-state index is 11.1. The lowest BCUT2D eigenvalue weighted by atomic mass is 10.0. The molecule has 1 amide bonds. The Bertz CT molecular complexity index is 664. The Labute approximate surface area is 119 Å². The van der Waals surface area contributed by atoms with Gasteiger partial charge < -0.3 is 5.73 Å². The minimum Gasteiger partial charge on any atom is -0.366 e. The Balaban J connectivity index is 2.35. The van der Waals surface area contributed by atoms with Crippen LogP contribution in [-0.4, -0.2) is 12.1 Å². The number of carbonyl (C=O) groups excluding carboxylic acids is 1. The molecule has 0 aliphatic carbocycles. The highest BCUT2D eigenvalue weighted by molar-refractivity contribution is 5.94. The van der Waals surface area contributed by atoms with Crippen molar-refractivity contribution in [2.75, 3.05) is 0 Å². The lowest BCUT2D eigenvalue weighted by molar-refractivity contribution is 0.100. The van der Waals surface area contributed by atoms with Gasteiger partial charge in [0.25, 0.3) is 0 Å². The Morgan fingerprint density at radius 2 is 1.75 bits per heavy atom. The second-order valence-corrected chi connectivity index (χ2v) is 4.99. The van der Waals surface area contributed by atoms with Gasteiger partial charge >= 0.3 is 0 Å². The molecule has 2 N–H and O–H groups in total. The lowest BCUT2D eigenvalue weighted by Crippen LogP contribution is -2.10. The number of aliphatic imine (C=N–C) groups is 1. The van der Waals surface area contributed by atoms with Crippen LogP contribution in [0.2, 0.25) is 0 Å². The second kappa shape index (κ2) is 5.70. The number of rotatable bonds is 3. The molecule has 3 nitrogen and oxygen atoms in total. The molecule has 0 saturated heterocycles. The van der Waals surface area contributed by atoms with Gasteiger partial charge in [0.1, 0.15) is 0 Å². The van der Waals surface area contributed by atoms with Crippen molar-refractivity contribution in [2.24, 2.45) is 10.7 Å². The van der Waals surface area contributed by atoms with Gasteiger partial charge in [0, 0.05) is 11.8 Å². The Hall–Kier alpha value is -2.42. The SMILES string of the molecule is Cc1cc(C)c(C=Nc2cccc(C(N)=O)c2)c(C)c1. The van der Waals surface area contributed by atoms with Crippen LogP contribution in [0.25, 0.3) is 0 Å². The molecule has 0 saturated carbocycles. The predicted molar refractivity (Wildman–Crippen MR) is 82.9 cm³/mol. The number of hydrogen-bond acceptors (Lipinski definition) is 2. The summed E-state index contributed by atoms with van der Waals surface area (Å²) in [6.07, 6.45) is 1.84. The molecule has 2 rings (SSSR count). The average molecular weight is 266 g/mol. The number of benzene rings is 2. The summed E-state index contributed by atoms with van der Waals surface area (Å²) >= 11 is 0. The van der Waals surface area contributed by atoms with E-state index in [1.807, 2.05) is 12.3 Å². The number of aryl methyl sites for hydroxylation is 3. The smallest absolute Gasteiger partial charge is 0.248 e. The van der Waals surface area contributed by atoms with E-state index in [4.69, 9.17) is 5.73 Å². The van der Waals surface area contributed by atoms with Crippen molar-refractivity contribution in [2.45, 2.75) is 20.8 Å². The first kappa shape index (κ1) is 14.0. The maximum Gasteiger partial charge on any atom is 0.248 e. The van der Waals surface area contributed by atoms with Crippen LogP contribution in [-0.2, 0) is 0 Å². The molecule has 0 spiro atoms. The van der Waals surface area contributed by atoms with Crippen LogP contribution in [0.5, 0.6) is 0 Å². The number of amides is 1. The van der Waals surface area contributed by atoms with Crippen molar-refractivity contribution in [3.8, 4) is 0 Å². The van der Waals surface area contributed by atoms with Gasteiger partial charge in [0.2, 0.25) is 5.91 Å². The van der Waals surface area contributed by atoms with E-state index in [0.717, 1.165) is 11.3 Å². The molecule has 0 bridgehead atoms. The van der Waals surface area contributed by atoms with Crippen LogP contribution in [0.3, 0.4) is 0 Å². The molecule has 0 fully saturated rings. The zero-order chi connectivity index (χ0) is 14.7. The van der Waals surface area contributed by atoms with Crippen LogP contribution < -0.4 is 5.73 Å². The molecule has 0 aliphatic heterocycles. The molecule has 20 heavy (non-hydrogen) atoms. The molecular weight excluding hydrogens is 248 g/mol. The Kier molecular flexibility index (Phi) is 3.99. The first-order chi connectivity index (χ1) is 9.47. The summed E-state index contributed by atoms with van der Waals surface area (Å²) in [5, 5.41) is 0. The van der Waals surface area contributed by atoms with Crippen molar-refractivity contribution in [3.05, 3.63) is 64.2 Å². The number of carbonyl (C=O) groups is 1. The van der Waals surface area contributed by atoms with E-state index in [2.05, 4.69) is 37.9 Å². The molecule has 0 atom stereocenters. The molecule has 2 aromatic carbocycles. The van der Waals surface area contributed by atoms with Gasteiger partial charge in [-0.25, -0.2) is 0 Å². The number of nitrogens with two attached hydrogens (primary N) is 1. The maximum absolute atomic E-state index is 11.1. The van der Waals surface area contributed by atoms with E-state index >= 15 is 0 Å². The van der Waals surface area contributed by atoms with E-state index in [1.165, 1.54) is 16.7 Å². The van der Waals surface area contributed by atoms with Crippen molar-refractivity contribution in [1.82, 2.24) is 0 Å². The van der Waals surface area contributed by atoms with Crippen LogP contribution in [0.1, 0.15) is 32.6 Å². The molecular formula is C17H18N2O. The molecule has 3 heteroatoms. The monoisotopic (exact) mass is 266 g/mol. The van der Waals surface area contributed by atoms with E-state index in [9.17, 15) is 4.79 Å². The van der Waals surface area contributed by atoms with Gasteiger partial charge in [0.05, 0.1) is 5.69 Å². The fourth-order valence-corrected chi connectivity index (χ4v) is 2.27. The molecule has 0 aromatic heterocycles. The zero-order valence-electron chi connectivity index (χ0n) is 12.0. The number of nitrogens with zero attached hydrogens (tertiary/aromatic N) is 1. The summed E-state index contributed by atoms with van der Waals surface area (Å²) in [6, 6.07) is 11.3. The number of primary amides is 1. The highest BCUT2D eigenvalue weighted by Gasteiger charge is 2.02. The normalized spacial score (nSPS) is 10.9. The van der Waals surface area contributed by atoms with Crippen molar-refractivity contribution in [1.29, 1.82) is 0 Å². The minimum atomic E-state index is -0.440. The first-order valence-corrected chi connectivity index (χ1v) is 6.49. The topological polar surface area (TPSA) is 55.4 Å². The third-order valence-corrected chi connectivity index (χ3v) is 3.21. The first-order valence-electron chi connectivity index (χ1n) is 6.49. The summed E-state index contributed by atoms with van der Waals surface area (Å²) < 4.78 is 0. The van der Waals surface area contributed by atoms with Gasteiger partial charge in [0.15, 0.2) is 0 Å². The van der Waals surface area contributed by atoms with E-state index in [1.54, 1.807) is 18.2 Å². The molecule has 0 aliphatic rings. The van der Waals surface area contributed by atoms with Gasteiger partial charge in [-0.2, -0.15) is 0 Å². The summed E-state index contributed by atoms with van der Waals surface area (Å²) in [5.41, 5.74) is 11.2. The van der Waals surface area contributed by atoms with Gasteiger partial charge in [-0.3, -0.25) is 9.79 Å². The van der Waals surface area contributed by atoms with Crippen molar-refractivity contribution >= 4 is 17.8 Å². The Morgan fingerprint density at radius 3 is 2.35 bits per heavy atom. The van der Waals surface area contributed by atoms with Crippen LogP contribution >= 0.6 is 0 Å². The lowest BCUT2D eigenvalue weighted by Gasteiger charge is -2.06. The molecule has 102 valence electrons. The predicted octanol–water partition coefficient (Wildman–Crippen LogP) is 3.46. The third kappa shape index (κ3) is 3.12. The Morgan fingerprint density at radius 1 is 1.10 bits per heavy atom. The van der Waals surface area contributed by atoms with Gasteiger partial charge in [-0.1, -0.05) is 23.8 Å². The second-order valence-electron chi connectivity index (χ2n) is 4.99. The summed E-state index contributed by atoms with van der Waals surface area (Å²) in [7, 11) is 0. The van der Waals surface area contributed by atoms with Crippen molar-refractivity contribution in [3.63, 3.8) is 0 Å². The molecule has 0 radical (unpaired) electrons. The van der Waals surface area contributed by atoms with Crippen LogP contribution in [0.15, 0.2) is 41.4 Å². The van der Waals surface area contributed by atoms with Gasteiger partial charge in [-0.15, -0.1) is 0 Å². The highest BCUT2D eigenvalue weighted by atomic mass is 16.1. The fraction of sp³-hybridized carbons (Fsp3) is 0.176. The average Bonchev–Trinajstić information content (AvgIpc) is 2.37. The standard InChI is InChI=1S/C17H18N2O/c1-11-7-12(2)16(13(3)8-11)10-19-15-6-4-5-14(9-15)17(18)20/h4-10H,1-3H3,(H2,18,20). The van der Waals surface area contributed by atoms with Gasteiger partial charge in [-0.05, 0) is 55.7 Å².